The van der Waals surface area contributed by atoms with Crippen molar-refractivity contribution in [2.75, 3.05) is 6.54 Å². The predicted molar refractivity (Wildman–Crippen MR) is 31.5 cm³/mol. The first-order valence-corrected chi connectivity index (χ1v) is 2.73. The standard InChI is InChI=1S/C5H11NO3/c6-3-1-2-5(8,9)4-7/h4,8-9H,1-3,6H2. The Kier molecular flexibility index (Phi) is 3.37. The summed E-state index contributed by atoms with van der Waals surface area (Å²) in [5, 5.41) is 17.2. The molecule has 0 saturated heterocycles. The Balaban J connectivity index is 3.45. The van der Waals surface area contributed by atoms with Gasteiger partial charge in [0.1, 0.15) is 0 Å². The fraction of sp³-hybridized carbons (Fsp3) is 0.800. The predicted octanol–water partition coefficient (Wildman–Crippen LogP) is -1.39. The topological polar surface area (TPSA) is 83.6 Å². The third-order valence-corrected chi connectivity index (χ3v) is 0.938. The Morgan fingerprint density at radius 3 is 2.44 bits per heavy atom. The van der Waals surface area contributed by atoms with Gasteiger partial charge in [-0.3, -0.25) is 4.79 Å². The smallest absolute Gasteiger partial charge is 0.220 e. The molecule has 0 aromatic carbocycles. The van der Waals surface area contributed by atoms with E-state index in [4.69, 9.17) is 15.9 Å². The number of rotatable bonds is 4. The maximum atomic E-state index is 9.79. The molecule has 0 aliphatic heterocycles. The first-order valence-electron chi connectivity index (χ1n) is 2.73. The third-order valence-electron chi connectivity index (χ3n) is 0.938. The van der Waals surface area contributed by atoms with Crippen LogP contribution in [0.4, 0.5) is 0 Å². The van der Waals surface area contributed by atoms with E-state index in [0.717, 1.165) is 0 Å². The number of nitrogens with two attached hydrogens (primary N) is 1. The summed E-state index contributed by atoms with van der Waals surface area (Å²) >= 11 is 0. The highest BCUT2D eigenvalue weighted by Gasteiger charge is 2.19. The van der Waals surface area contributed by atoms with Crippen molar-refractivity contribution in [1.29, 1.82) is 0 Å². The van der Waals surface area contributed by atoms with Crippen LogP contribution in [-0.2, 0) is 4.79 Å². The summed E-state index contributed by atoms with van der Waals surface area (Å²) in [5.74, 6) is -2.17. The Hall–Kier alpha value is -0.450. The number of aliphatic hydroxyl groups is 2. The Morgan fingerprint density at radius 2 is 2.11 bits per heavy atom. The van der Waals surface area contributed by atoms with E-state index in [0.29, 0.717) is 13.0 Å². The van der Waals surface area contributed by atoms with Crippen LogP contribution in [0.3, 0.4) is 0 Å². The van der Waals surface area contributed by atoms with Gasteiger partial charge in [0.2, 0.25) is 5.79 Å². The lowest BCUT2D eigenvalue weighted by molar-refractivity contribution is -0.171. The molecular weight excluding hydrogens is 122 g/mol. The van der Waals surface area contributed by atoms with Gasteiger partial charge in [0.25, 0.3) is 0 Å². The third kappa shape index (κ3) is 4.08. The summed E-state index contributed by atoms with van der Waals surface area (Å²) in [5.41, 5.74) is 5.05. The summed E-state index contributed by atoms with van der Waals surface area (Å²) < 4.78 is 0. The van der Waals surface area contributed by atoms with Crippen molar-refractivity contribution in [3.63, 3.8) is 0 Å². The molecule has 0 atom stereocenters. The molecule has 0 unspecified atom stereocenters. The van der Waals surface area contributed by atoms with Crippen LogP contribution in [0.1, 0.15) is 12.8 Å². The van der Waals surface area contributed by atoms with Gasteiger partial charge in [-0.15, -0.1) is 0 Å². The monoisotopic (exact) mass is 133 g/mol. The van der Waals surface area contributed by atoms with Gasteiger partial charge in [-0.2, -0.15) is 0 Å². The zero-order valence-corrected chi connectivity index (χ0v) is 5.08. The molecule has 0 aliphatic rings. The summed E-state index contributed by atoms with van der Waals surface area (Å²) in [7, 11) is 0. The molecule has 0 rings (SSSR count). The van der Waals surface area contributed by atoms with Crippen molar-refractivity contribution in [2.24, 2.45) is 5.73 Å². The average molecular weight is 133 g/mol. The van der Waals surface area contributed by atoms with E-state index < -0.39 is 5.79 Å². The first-order chi connectivity index (χ1) is 4.12. The highest BCUT2D eigenvalue weighted by molar-refractivity contribution is 5.58. The van der Waals surface area contributed by atoms with E-state index in [2.05, 4.69) is 0 Å². The fourth-order valence-electron chi connectivity index (χ4n) is 0.421. The Morgan fingerprint density at radius 1 is 1.56 bits per heavy atom. The summed E-state index contributed by atoms with van der Waals surface area (Å²) in [6, 6.07) is 0. The molecule has 0 amide bonds. The second kappa shape index (κ2) is 3.55. The molecule has 9 heavy (non-hydrogen) atoms. The number of carbonyl (C=O) groups is 1. The largest absolute Gasteiger partial charge is 0.360 e. The van der Waals surface area contributed by atoms with Gasteiger partial charge in [-0.25, -0.2) is 0 Å². The van der Waals surface area contributed by atoms with Crippen LogP contribution >= 0.6 is 0 Å². The van der Waals surface area contributed by atoms with Crippen LogP contribution in [0.2, 0.25) is 0 Å². The molecule has 0 aliphatic carbocycles. The van der Waals surface area contributed by atoms with Crippen LogP contribution in [-0.4, -0.2) is 28.8 Å². The molecule has 0 aromatic rings. The second-order valence-corrected chi connectivity index (χ2v) is 1.89. The zero-order chi connectivity index (χ0) is 7.33. The van der Waals surface area contributed by atoms with Crippen LogP contribution in [0.15, 0.2) is 0 Å². The highest BCUT2D eigenvalue weighted by atomic mass is 16.5. The highest BCUT2D eigenvalue weighted by Crippen LogP contribution is 2.03. The maximum Gasteiger partial charge on any atom is 0.220 e. The SMILES string of the molecule is NCCCC(O)(O)C=O. The van der Waals surface area contributed by atoms with E-state index in [9.17, 15) is 4.79 Å². The van der Waals surface area contributed by atoms with Crippen molar-refractivity contribution < 1.29 is 15.0 Å². The average Bonchev–Trinajstić information content (AvgIpc) is 1.84. The molecule has 0 saturated carbocycles. The van der Waals surface area contributed by atoms with Gasteiger partial charge < -0.3 is 15.9 Å². The number of aldehydes is 1. The summed E-state index contributed by atoms with van der Waals surface area (Å²) in [4.78, 5) is 9.79. The van der Waals surface area contributed by atoms with Crippen molar-refractivity contribution in [3.8, 4) is 0 Å². The van der Waals surface area contributed by atoms with Gasteiger partial charge >= 0.3 is 0 Å². The first kappa shape index (κ1) is 8.55. The molecule has 0 aromatic heterocycles. The van der Waals surface area contributed by atoms with Crippen LogP contribution in [0.5, 0.6) is 0 Å². The lowest BCUT2D eigenvalue weighted by Gasteiger charge is -2.11. The molecule has 0 radical (unpaired) electrons. The van der Waals surface area contributed by atoms with E-state index >= 15 is 0 Å². The van der Waals surface area contributed by atoms with Crippen molar-refractivity contribution in [1.82, 2.24) is 0 Å². The van der Waals surface area contributed by atoms with Gasteiger partial charge in [0.05, 0.1) is 0 Å². The molecule has 0 spiro atoms. The number of hydrogen-bond donors (Lipinski definition) is 3. The molecule has 0 fully saturated rings. The Labute approximate surface area is 53.3 Å². The summed E-state index contributed by atoms with van der Waals surface area (Å²) in [6.45, 7) is 0.358. The molecule has 0 bridgehead atoms. The quantitative estimate of drug-likeness (QED) is 0.325. The van der Waals surface area contributed by atoms with Crippen molar-refractivity contribution >= 4 is 6.29 Å². The molecule has 4 heteroatoms. The molecule has 54 valence electrons. The second-order valence-electron chi connectivity index (χ2n) is 1.89. The van der Waals surface area contributed by atoms with E-state index in [-0.39, 0.29) is 12.7 Å². The van der Waals surface area contributed by atoms with E-state index in [1.54, 1.807) is 0 Å². The van der Waals surface area contributed by atoms with Crippen LogP contribution in [0, 0.1) is 0 Å². The lowest BCUT2D eigenvalue weighted by Crippen LogP contribution is -2.30. The Bertz CT molecular complexity index is 92.2. The fourth-order valence-corrected chi connectivity index (χ4v) is 0.421. The van der Waals surface area contributed by atoms with Gasteiger partial charge in [0.15, 0.2) is 6.29 Å². The molecular formula is C5H11NO3. The lowest BCUT2D eigenvalue weighted by atomic mass is 10.2. The van der Waals surface area contributed by atoms with Crippen molar-refractivity contribution in [2.45, 2.75) is 18.6 Å². The zero-order valence-electron chi connectivity index (χ0n) is 5.08. The normalized spacial score (nSPS) is 11.4. The summed E-state index contributed by atoms with van der Waals surface area (Å²) in [6.07, 6.45) is 0.543. The van der Waals surface area contributed by atoms with Gasteiger partial charge in [-0.05, 0) is 13.0 Å². The van der Waals surface area contributed by atoms with E-state index in [1.165, 1.54) is 0 Å². The molecule has 4 N–H and O–H groups in total. The van der Waals surface area contributed by atoms with Gasteiger partial charge in [0, 0.05) is 6.42 Å². The minimum absolute atomic E-state index is 0.00694. The maximum absolute atomic E-state index is 9.79. The van der Waals surface area contributed by atoms with E-state index in [1.807, 2.05) is 0 Å². The van der Waals surface area contributed by atoms with Crippen molar-refractivity contribution in [3.05, 3.63) is 0 Å². The van der Waals surface area contributed by atoms with Crippen LogP contribution < -0.4 is 5.73 Å². The van der Waals surface area contributed by atoms with Gasteiger partial charge in [-0.1, -0.05) is 0 Å². The molecule has 0 heterocycles. The number of hydrogen-bond acceptors (Lipinski definition) is 4. The minimum Gasteiger partial charge on any atom is -0.360 e. The number of carbonyl (C=O) groups excluding carboxylic acids is 1. The minimum atomic E-state index is -2.17. The van der Waals surface area contributed by atoms with Crippen LogP contribution in [0.25, 0.3) is 0 Å². The molecule has 4 nitrogen and oxygen atoms in total.